The van der Waals surface area contributed by atoms with Gasteiger partial charge in [0.15, 0.2) is 0 Å². The first-order chi connectivity index (χ1) is 22.0. The minimum atomic E-state index is -0.537. The molecule has 0 aliphatic carbocycles. The number of carbonyl (C=O) groups is 2. The Morgan fingerprint density at radius 3 is 2.38 bits per heavy atom. The van der Waals surface area contributed by atoms with Gasteiger partial charge in [0.1, 0.15) is 24.0 Å². The number of nitrogens with zero attached hydrogens (tertiary/aromatic N) is 4. The molecule has 0 atom stereocenters. The van der Waals surface area contributed by atoms with Crippen molar-refractivity contribution in [2.24, 2.45) is 0 Å². The highest BCUT2D eigenvalue weighted by Gasteiger charge is 2.35. The number of benzene rings is 4. The Balaban J connectivity index is 1.36. The van der Waals surface area contributed by atoms with Crippen molar-refractivity contribution in [2.45, 2.75) is 33.3 Å². The topological polar surface area (TPSA) is 88.2 Å². The maximum absolute atomic E-state index is 13.6. The predicted molar refractivity (Wildman–Crippen MR) is 175 cm³/mol. The Morgan fingerprint density at radius 1 is 0.889 bits per heavy atom. The number of aromatic nitrogens is 2. The molecule has 222 valence electrons. The van der Waals surface area contributed by atoms with Crippen LogP contribution >= 0.6 is 0 Å². The van der Waals surface area contributed by atoms with Gasteiger partial charge in [0.25, 0.3) is 11.8 Å². The maximum atomic E-state index is 13.6. The minimum Gasteiger partial charge on any atom is -0.489 e. The van der Waals surface area contributed by atoms with Crippen LogP contribution in [-0.2, 0) is 16.2 Å². The third-order valence-corrected chi connectivity index (χ3v) is 8.03. The molecular weight excluding hydrogens is 560 g/mol. The summed E-state index contributed by atoms with van der Waals surface area (Å²) in [4.78, 5) is 27.8. The number of hydrogen-bond acceptors (Lipinski definition) is 5. The van der Waals surface area contributed by atoms with E-state index in [1.165, 1.54) is 10.3 Å². The van der Waals surface area contributed by atoms with Crippen molar-refractivity contribution in [3.63, 3.8) is 0 Å². The fourth-order valence-corrected chi connectivity index (χ4v) is 5.52. The summed E-state index contributed by atoms with van der Waals surface area (Å²) in [6, 6.07) is 33.9. The third kappa shape index (κ3) is 5.91. The number of para-hydroxylation sites is 1. The Hall–Kier alpha value is -5.74. The van der Waals surface area contributed by atoms with Crippen molar-refractivity contribution in [3.05, 3.63) is 131 Å². The van der Waals surface area contributed by atoms with Crippen LogP contribution in [0.15, 0.2) is 120 Å². The lowest BCUT2D eigenvalue weighted by Gasteiger charge is -2.27. The second kappa shape index (κ2) is 12.9. The van der Waals surface area contributed by atoms with E-state index in [0.29, 0.717) is 35.4 Å². The number of imide groups is 1. The number of unbranched alkanes of at least 4 members (excludes halogenated alkanes) is 1. The molecule has 0 unspecified atom stereocenters. The van der Waals surface area contributed by atoms with Gasteiger partial charge in [-0.3, -0.25) is 14.5 Å². The minimum absolute atomic E-state index is 0.0124. The van der Waals surface area contributed by atoms with Crippen LogP contribution in [0, 0.1) is 11.3 Å². The van der Waals surface area contributed by atoms with Gasteiger partial charge >= 0.3 is 0 Å². The average Bonchev–Trinajstić information content (AvgIpc) is 3.50. The smallest absolute Gasteiger partial charge is 0.271 e. The monoisotopic (exact) mass is 592 g/mol. The summed E-state index contributed by atoms with van der Waals surface area (Å²) < 4.78 is 7.94. The summed E-state index contributed by atoms with van der Waals surface area (Å²) in [7, 11) is 0. The van der Waals surface area contributed by atoms with E-state index in [1.807, 2.05) is 92.0 Å². The molecule has 2 amide bonds. The molecule has 0 spiro atoms. The standard InChI is InChI=1S/C38H32N4O3/c1-3-4-21-41-37(43)34(26(2)35(23-39)38(41)44)22-30-24-42(31-14-6-5-7-15-31)40-36(30)28-17-19-32(20-18-28)45-25-29-13-10-12-27-11-8-9-16-33(27)29/h5-20,22,24H,3-4,21,25H2,1-2H3/b34-22+. The molecule has 4 aromatic carbocycles. The summed E-state index contributed by atoms with van der Waals surface area (Å²) in [6.07, 6.45) is 5.08. The van der Waals surface area contributed by atoms with E-state index in [0.717, 1.165) is 34.4 Å². The fourth-order valence-electron chi connectivity index (χ4n) is 5.52. The van der Waals surface area contributed by atoms with E-state index < -0.39 is 11.8 Å². The molecule has 45 heavy (non-hydrogen) atoms. The molecule has 0 saturated carbocycles. The van der Waals surface area contributed by atoms with Crippen LogP contribution in [0.1, 0.15) is 37.8 Å². The zero-order valence-electron chi connectivity index (χ0n) is 25.2. The molecule has 1 aliphatic rings. The molecule has 0 fully saturated rings. The van der Waals surface area contributed by atoms with Crippen LogP contribution in [0.3, 0.4) is 0 Å². The summed E-state index contributed by atoms with van der Waals surface area (Å²) >= 11 is 0. The van der Waals surface area contributed by atoms with Crippen molar-refractivity contribution >= 4 is 28.7 Å². The van der Waals surface area contributed by atoms with Gasteiger partial charge < -0.3 is 4.74 Å². The quantitative estimate of drug-likeness (QED) is 0.130. The van der Waals surface area contributed by atoms with Gasteiger partial charge in [0.05, 0.1) is 11.4 Å². The molecule has 1 aliphatic heterocycles. The highest BCUT2D eigenvalue weighted by molar-refractivity contribution is 6.19. The van der Waals surface area contributed by atoms with E-state index in [-0.39, 0.29) is 12.1 Å². The van der Waals surface area contributed by atoms with Crippen molar-refractivity contribution in [2.75, 3.05) is 6.54 Å². The van der Waals surface area contributed by atoms with E-state index in [1.54, 1.807) is 17.7 Å². The lowest BCUT2D eigenvalue weighted by Crippen LogP contribution is -2.43. The Labute approximate surface area is 262 Å². The first-order valence-electron chi connectivity index (χ1n) is 15.0. The Morgan fingerprint density at radius 2 is 1.62 bits per heavy atom. The fraction of sp³-hybridized carbons (Fsp3) is 0.158. The van der Waals surface area contributed by atoms with Gasteiger partial charge in [-0.15, -0.1) is 0 Å². The zero-order valence-corrected chi connectivity index (χ0v) is 25.2. The number of nitriles is 1. The van der Waals surface area contributed by atoms with Crippen LogP contribution in [0.2, 0.25) is 0 Å². The van der Waals surface area contributed by atoms with E-state index in [4.69, 9.17) is 9.84 Å². The van der Waals surface area contributed by atoms with E-state index in [2.05, 4.69) is 24.3 Å². The van der Waals surface area contributed by atoms with Crippen LogP contribution in [0.5, 0.6) is 5.75 Å². The van der Waals surface area contributed by atoms with Crippen LogP contribution in [0.4, 0.5) is 0 Å². The van der Waals surface area contributed by atoms with Crippen molar-refractivity contribution < 1.29 is 14.3 Å². The summed E-state index contributed by atoms with van der Waals surface area (Å²) in [5.41, 5.74) is 4.81. The first kappa shape index (κ1) is 29.3. The normalized spacial score (nSPS) is 14.3. The van der Waals surface area contributed by atoms with Crippen molar-refractivity contribution in [1.82, 2.24) is 14.7 Å². The summed E-state index contributed by atoms with van der Waals surface area (Å²) in [5, 5.41) is 17.0. The van der Waals surface area contributed by atoms with Crippen molar-refractivity contribution in [1.29, 1.82) is 5.26 Å². The number of amides is 2. The van der Waals surface area contributed by atoms with Gasteiger partial charge in [0.2, 0.25) is 0 Å². The molecular formula is C38H32N4O3. The van der Waals surface area contributed by atoms with E-state index >= 15 is 0 Å². The number of hydrogen-bond donors (Lipinski definition) is 0. The zero-order chi connectivity index (χ0) is 31.3. The highest BCUT2D eigenvalue weighted by atomic mass is 16.5. The second-order valence-corrected chi connectivity index (χ2v) is 10.9. The van der Waals surface area contributed by atoms with Gasteiger partial charge in [-0.2, -0.15) is 10.4 Å². The molecule has 5 aromatic rings. The van der Waals surface area contributed by atoms with Crippen LogP contribution in [-0.4, -0.2) is 33.0 Å². The molecule has 0 N–H and O–H groups in total. The largest absolute Gasteiger partial charge is 0.489 e. The maximum Gasteiger partial charge on any atom is 0.271 e. The molecule has 0 radical (unpaired) electrons. The molecule has 6 rings (SSSR count). The number of ether oxygens (including phenoxy) is 1. The predicted octanol–water partition coefficient (Wildman–Crippen LogP) is 7.66. The van der Waals surface area contributed by atoms with Gasteiger partial charge in [-0.1, -0.05) is 74.0 Å². The summed E-state index contributed by atoms with van der Waals surface area (Å²) in [6.45, 7) is 4.34. The van der Waals surface area contributed by atoms with Crippen LogP contribution in [0.25, 0.3) is 33.8 Å². The highest BCUT2D eigenvalue weighted by Crippen LogP contribution is 2.32. The Kier molecular flexibility index (Phi) is 8.39. The SMILES string of the molecule is CCCCN1C(=O)C(C#N)=C(C)/C(=C\c2cn(-c3ccccc3)nc2-c2ccc(OCc3cccc4ccccc34)cc2)C1=O. The molecule has 0 saturated heterocycles. The number of rotatable bonds is 9. The molecule has 0 bridgehead atoms. The lowest BCUT2D eigenvalue weighted by atomic mass is 9.93. The van der Waals surface area contributed by atoms with E-state index in [9.17, 15) is 14.9 Å². The third-order valence-electron chi connectivity index (χ3n) is 8.03. The number of fused-ring (bicyclic) bond motifs is 1. The number of carbonyl (C=O) groups excluding carboxylic acids is 2. The molecule has 7 heteroatoms. The van der Waals surface area contributed by atoms with Crippen LogP contribution < -0.4 is 4.74 Å². The average molecular weight is 593 g/mol. The van der Waals surface area contributed by atoms with Gasteiger partial charge in [-0.05, 0) is 77.7 Å². The first-order valence-corrected chi connectivity index (χ1v) is 15.0. The lowest BCUT2D eigenvalue weighted by molar-refractivity contribution is -0.140. The van der Waals surface area contributed by atoms with Crippen molar-refractivity contribution in [3.8, 4) is 28.8 Å². The molecule has 2 heterocycles. The van der Waals surface area contributed by atoms with Gasteiger partial charge in [-0.25, -0.2) is 4.68 Å². The molecule has 1 aromatic heterocycles. The van der Waals surface area contributed by atoms with Gasteiger partial charge in [0, 0.05) is 29.4 Å². The Bertz CT molecular complexity index is 1990. The molecule has 7 nitrogen and oxygen atoms in total. The second-order valence-electron chi connectivity index (χ2n) is 10.9. The summed E-state index contributed by atoms with van der Waals surface area (Å²) in [5.74, 6) is -0.218.